The Bertz CT molecular complexity index is 954. The average molecular weight is 425 g/mol. The fraction of sp³-hybridized carbons (Fsp3) is 0.471. The van der Waals surface area contributed by atoms with Crippen LogP contribution in [0.15, 0.2) is 34.7 Å². The Morgan fingerprint density at radius 2 is 2.07 bits per heavy atom. The molecule has 1 aliphatic heterocycles. The van der Waals surface area contributed by atoms with Crippen LogP contribution in [0.2, 0.25) is 0 Å². The summed E-state index contributed by atoms with van der Waals surface area (Å²) < 4.78 is 32.1. The van der Waals surface area contributed by atoms with Crippen molar-refractivity contribution in [1.82, 2.24) is 9.29 Å². The van der Waals surface area contributed by atoms with Gasteiger partial charge in [-0.2, -0.15) is 4.31 Å². The molecule has 1 unspecified atom stereocenters. The molecule has 0 radical (unpaired) electrons. The zero-order chi connectivity index (χ0) is 19.7. The zero-order valence-electron chi connectivity index (χ0n) is 15.0. The molecule has 9 nitrogen and oxygen atoms in total. The summed E-state index contributed by atoms with van der Waals surface area (Å²) >= 11 is 1.50. The van der Waals surface area contributed by atoms with Crippen molar-refractivity contribution in [2.75, 3.05) is 31.6 Å². The number of morpholine rings is 1. The standard InChI is InChI=1S/C17H20N4O5S2/c22-21(23)15-11-13(28(24,25)20-6-8-26-9-7-20)3-4-14(15)19-16(12-1-2-12)17-18-5-10-27-17/h3-5,10-12,16,19H,1-2,6-9H2. The van der Waals surface area contributed by atoms with Crippen LogP contribution < -0.4 is 5.32 Å². The molecular formula is C17H20N4O5S2. The zero-order valence-corrected chi connectivity index (χ0v) is 16.6. The van der Waals surface area contributed by atoms with Crippen molar-refractivity contribution in [1.29, 1.82) is 0 Å². The lowest BCUT2D eigenvalue weighted by molar-refractivity contribution is -0.384. The van der Waals surface area contributed by atoms with Crippen molar-refractivity contribution < 1.29 is 18.1 Å². The maximum absolute atomic E-state index is 12.8. The van der Waals surface area contributed by atoms with E-state index in [0.29, 0.717) is 24.8 Å². The smallest absolute Gasteiger partial charge is 0.293 e. The molecule has 0 amide bonds. The Hall–Kier alpha value is -2.08. The summed E-state index contributed by atoms with van der Waals surface area (Å²) in [5, 5.41) is 17.6. The third kappa shape index (κ3) is 3.88. The normalized spacial score (nSPS) is 19.3. The first-order valence-electron chi connectivity index (χ1n) is 8.99. The molecule has 2 fully saturated rings. The number of anilines is 1. The number of aromatic nitrogens is 1. The second-order valence-corrected chi connectivity index (χ2v) is 9.65. The van der Waals surface area contributed by atoms with E-state index in [1.165, 1.54) is 27.8 Å². The van der Waals surface area contributed by atoms with Crippen LogP contribution >= 0.6 is 11.3 Å². The van der Waals surface area contributed by atoms with Gasteiger partial charge in [-0.05, 0) is 30.9 Å². The van der Waals surface area contributed by atoms with Gasteiger partial charge in [0.05, 0.1) is 29.1 Å². The topological polar surface area (TPSA) is 115 Å². The van der Waals surface area contributed by atoms with Crippen molar-refractivity contribution >= 4 is 32.7 Å². The van der Waals surface area contributed by atoms with E-state index < -0.39 is 14.9 Å². The van der Waals surface area contributed by atoms with Gasteiger partial charge < -0.3 is 10.1 Å². The summed E-state index contributed by atoms with van der Waals surface area (Å²) in [6.45, 7) is 1.11. The molecule has 28 heavy (non-hydrogen) atoms. The lowest BCUT2D eigenvalue weighted by Crippen LogP contribution is -2.40. The van der Waals surface area contributed by atoms with E-state index in [9.17, 15) is 18.5 Å². The first-order chi connectivity index (χ1) is 13.5. The second kappa shape index (κ2) is 7.74. The van der Waals surface area contributed by atoms with E-state index in [4.69, 9.17) is 4.74 Å². The summed E-state index contributed by atoms with van der Waals surface area (Å²) in [6.07, 6.45) is 3.78. The van der Waals surface area contributed by atoms with Crippen LogP contribution in [-0.4, -0.2) is 48.9 Å². The highest BCUT2D eigenvalue weighted by Gasteiger charge is 2.36. The van der Waals surface area contributed by atoms with Crippen molar-refractivity contribution in [3.8, 4) is 0 Å². The number of nitro benzene ring substituents is 1. The molecule has 1 saturated carbocycles. The average Bonchev–Trinajstić information content (AvgIpc) is 3.40. The Morgan fingerprint density at radius 3 is 2.68 bits per heavy atom. The largest absolute Gasteiger partial charge is 0.379 e. The van der Waals surface area contributed by atoms with Crippen LogP contribution in [0.1, 0.15) is 23.9 Å². The predicted molar refractivity (Wildman–Crippen MR) is 104 cm³/mol. The van der Waals surface area contributed by atoms with Gasteiger partial charge in [0.2, 0.25) is 10.0 Å². The highest BCUT2D eigenvalue weighted by molar-refractivity contribution is 7.89. The van der Waals surface area contributed by atoms with Crippen LogP contribution in [-0.2, 0) is 14.8 Å². The molecule has 2 aliphatic rings. The van der Waals surface area contributed by atoms with Crippen LogP contribution in [0.3, 0.4) is 0 Å². The molecule has 2 aromatic rings. The number of nitrogens with one attached hydrogen (secondary N) is 1. The molecule has 0 bridgehead atoms. The van der Waals surface area contributed by atoms with E-state index in [2.05, 4.69) is 10.3 Å². The second-order valence-electron chi connectivity index (χ2n) is 6.78. The fourth-order valence-electron chi connectivity index (χ4n) is 3.25. The summed E-state index contributed by atoms with van der Waals surface area (Å²) in [7, 11) is -3.80. The van der Waals surface area contributed by atoms with E-state index in [1.54, 1.807) is 6.20 Å². The molecule has 1 N–H and O–H groups in total. The van der Waals surface area contributed by atoms with Gasteiger partial charge in [-0.1, -0.05) is 0 Å². The molecule has 150 valence electrons. The number of sulfonamides is 1. The Kier molecular flexibility index (Phi) is 5.32. The number of hydrogen-bond donors (Lipinski definition) is 1. The highest BCUT2D eigenvalue weighted by Crippen LogP contribution is 2.44. The highest BCUT2D eigenvalue weighted by atomic mass is 32.2. The molecule has 4 rings (SSSR count). The maximum atomic E-state index is 12.8. The quantitative estimate of drug-likeness (QED) is 0.537. The summed E-state index contributed by atoms with van der Waals surface area (Å²) in [5.74, 6) is 0.377. The molecule has 1 atom stereocenters. The Morgan fingerprint density at radius 1 is 1.32 bits per heavy atom. The third-order valence-corrected chi connectivity index (χ3v) is 7.65. The number of ether oxygens (including phenoxy) is 1. The molecule has 1 aromatic heterocycles. The minimum absolute atomic E-state index is 0.0797. The Labute approximate surface area is 166 Å². The molecular weight excluding hydrogens is 404 g/mol. The number of rotatable bonds is 7. The van der Waals surface area contributed by atoms with Gasteiger partial charge in [0.15, 0.2) is 0 Å². The van der Waals surface area contributed by atoms with Gasteiger partial charge in [0.1, 0.15) is 10.7 Å². The minimum Gasteiger partial charge on any atom is -0.379 e. The van der Waals surface area contributed by atoms with Crippen molar-refractivity contribution in [3.63, 3.8) is 0 Å². The molecule has 1 aromatic carbocycles. The SMILES string of the molecule is O=[N+]([O-])c1cc(S(=O)(=O)N2CCOCC2)ccc1NC(c1nccs1)C1CC1. The first-order valence-corrected chi connectivity index (χ1v) is 11.3. The van der Waals surface area contributed by atoms with Gasteiger partial charge in [-0.3, -0.25) is 10.1 Å². The van der Waals surface area contributed by atoms with E-state index in [0.717, 1.165) is 23.9 Å². The number of nitro groups is 1. The van der Waals surface area contributed by atoms with E-state index in [1.807, 2.05) is 5.38 Å². The molecule has 11 heteroatoms. The van der Waals surface area contributed by atoms with Crippen molar-refractivity contribution in [3.05, 3.63) is 44.9 Å². The van der Waals surface area contributed by atoms with Gasteiger partial charge in [0.25, 0.3) is 5.69 Å². The van der Waals surface area contributed by atoms with E-state index >= 15 is 0 Å². The van der Waals surface area contributed by atoms with Crippen LogP contribution in [0.4, 0.5) is 11.4 Å². The molecule has 0 spiro atoms. The number of nitrogens with zero attached hydrogens (tertiary/aromatic N) is 3. The summed E-state index contributed by atoms with van der Waals surface area (Å²) in [4.78, 5) is 15.4. The van der Waals surface area contributed by atoms with Crippen molar-refractivity contribution in [2.24, 2.45) is 5.92 Å². The fourth-order valence-corrected chi connectivity index (χ4v) is 5.46. The number of benzene rings is 1. The molecule has 1 aliphatic carbocycles. The van der Waals surface area contributed by atoms with Gasteiger partial charge in [-0.25, -0.2) is 13.4 Å². The molecule has 2 heterocycles. The van der Waals surface area contributed by atoms with Crippen molar-refractivity contribution in [2.45, 2.75) is 23.8 Å². The van der Waals surface area contributed by atoms with E-state index in [-0.39, 0.29) is 29.7 Å². The lowest BCUT2D eigenvalue weighted by atomic mass is 10.1. The first kappa shape index (κ1) is 19.2. The monoisotopic (exact) mass is 424 g/mol. The maximum Gasteiger partial charge on any atom is 0.293 e. The number of thiazole rings is 1. The third-order valence-electron chi connectivity index (χ3n) is 4.90. The Balaban J connectivity index is 1.65. The van der Waals surface area contributed by atoms with Gasteiger partial charge >= 0.3 is 0 Å². The van der Waals surface area contributed by atoms with Gasteiger partial charge in [0, 0.05) is 30.7 Å². The summed E-state index contributed by atoms with van der Waals surface area (Å²) in [5.41, 5.74) is 0.0505. The number of hydrogen-bond acceptors (Lipinski definition) is 8. The lowest BCUT2D eigenvalue weighted by Gasteiger charge is -2.26. The summed E-state index contributed by atoms with van der Waals surface area (Å²) in [6, 6.07) is 3.93. The molecule has 1 saturated heterocycles. The van der Waals surface area contributed by atoms with Gasteiger partial charge in [-0.15, -0.1) is 11.3 Å². The minimum atomic E-state index is -3.80. The van der Waals surface area contributed by atoms with Crippen LogP contribution in [0.5, 0.6) is 0 Å². The van der Waals surface area contributed by atoms with Crippen LogP contribution in [0.25, 0.3) is 0 Å². The predicted octanol–water partition coefficient (Wildman–Crippen LogP) is 2.64. The van der Waals surface area contributed by atoms with Crippen LogP contribution in [0, 0.1) is 16.0 Å².